The number of hydrogen-bond donors (Lipinski definition) is 1. The van der Waals surface area contributed by atoms with Gasteiger partial charge in [0, 0.05) is 15.5 Å². The number of rotatable bonds is 3. The predicted molar refractivity (Wildman–Crippen MR) is 72.0 cm³/mol. The molecule has 0 fully saturated rings. The van der Waals surface area contributed by atoms with Crippen LogP contribution < -0.4 is 5.73 Å². The van der Waals surface area contributed by atoms with Crippen molar-refractivity contribution >= 4 is 40.3 Å². The topological polar surface area (TPSA) is 43.1 Å². The fraction of sp³-hybridized carbons (Fsp3) is 0.0833. The quantitative estimate of drug-likeness (QED) is 0.868. The van der Waals surface area contributed by atoms with Crippen LogP contribution in [0.5, 0.6) is 0 Å². The molecule has 88 valence electrons. The number of benzene rings is 1. The molecular formula is C12H9Cl2NOS. The Kier molecular flexibility index (Phi) is 3.84. The van der Waals surface area contributed by atoms with Crippen LogP contribution in [0.1, 0.15) is 21.3 Å². The van der Waals surface area contributed by atoms with E-state index < -0.39 is 6.04 Å². The van der Waals surface area contributed by atoms with E-state index in [-0.39, 0.29) is 5.78 Å². The fourth-order valence-corrected chi connectivity index (χ4v) is 2.56. The summed E-state index contributed by atoms with van der Waals surface area (Å²) >= 11 is 13.2. The van der Waals surface area contributed by atoms with E-state index in [9.17, 15) is 4.79 Å². The van der Waals surface area contributed by atoms with Gasteiger partial charge >= 0.3 is 0 Å². The summed E-state index contributed by atoms with van der Waals surface area (Å²) in [6, 6.07) is 7.76. The zero-order valence-corrected chi connectivity index (χ0v) is 11.0. The maximum atomic E-state index is 12.2. The van der Waals surface area contributed by atoms with Gasteiger partial charge in [-0.15, -0.1) is 11.3 Å². The lowest BCUT2D eigenvalue weighted by Gasteiger charge is -2.10. The third kappa shape index (κ3) is 2.69. The van der Waals surface area contributed by atoms with E-state index in [0.29, 0.717) is 15.6 Å². The summed E-state index contributed by atoms with van der Waals surface area (Å²) < 4.78 is 0. The molecule has 1 heterocycles. The van der Waals surface area contributed by atoms with Crippen molar-refractivity contribution in [3.05, 3.63) is 56.2 Å². The van der Waals surface area contributed by atoms with Gasteiger partial charge in [-0.3, -0.25) is 4.79 Å². The lowest BCUT2D eigenvalue weighted by atomic mass is 10.0. The Hall–Kier alpha value is -0.870. The Labute approximate surface area is 113 Å². The van der Waals surface area contributed by atoms with E-state index >= 15 is 0 Å². The van der Waals surface area contributed by atoms with Gasteiger partial charge in [-0.25, -0.2) is 0 Å². The normalized spacial score (nSPS) is 12.4. The predicted octanol–water partition coefficient (Wildman–Crippen LogP) is 3.94. The molecule has 0 amide bonds. The standard InChI is InChI=1S/C12H9Cl2NOS/c13-7-3-4-9(14)8(6-7)12(16)11(15)10-2-1-5-17-10/h1-6,11H,15H2. The van der Waals surface area contributed by atoms with Gasteiger partial charge < -0.3 is 5.73 Å². The van der Waals surface area contributed by atoms with Crippen molar-refractivity contribution < 1.29 is 4.79 Å². The average molecular weight is 286 g/mol. The van der Waals surface area contributed by atoms with E-state index in [2.05, 4.69) is 0 Å². The summed E-state index contributed by atoms with van der Waals surface area (Å²) in [5, 5.41) is 2.71. The van der Waals surface area contributed by atoms with Crippen LogP contribution in [-0.4, -0.2) is 5.78 Å². The number of hydrogen-bond acceptors (Lipinski definition) is 3. The second-order valence-electron chi connectivity index (χ2n) is 3.48. The van der Waals surface area contributed by atoms with Crippen molar-refractivity contribution in [1.82, 2.24) is 0 Å². The molecule has 1 atom stereocenters. The Morgan fingerprint density at radius 2 is 2.06 bits per heavy atom. The third-order valence-corrected chi connectivity index (χ3v) is 3.85. The molecule has 0 bridgehead atoms. The molecular weight excluding hydrogens is 277 g/mol. The first kappa shape index (κ1) is 12.6. The van der Waals surface area contributed by atoms with Gasteiger partial charge in [0.2, 0.25) is 0 Å². The van der Waals surface area contributed by atoms with Gasteiger partial charge in [0.15, 0.2) is 5.78 Å². The molecule has 0 radical (unpaired) electrons. The number of ketones is 1. The van der Waals surface area contributed by atoms with E-state index in [4.69, 9.17) is 28.9 Å². The Balaban J connectivity index is 2.34. The average Bonchev–Trinajstić information content (AvgIpc) is 2.84. The molecule has 5 heteroatoms. The molecule has 0 spiro atoms. The molecule has 2 rings (SSSR count). The number of nitrogens with two attached hydrogens (primary N) is 1. The highest BCUT2D eigenvalue weighted by Gasteiger charge is 2.21. The fourth-order valence-electron chi connectivity index (χ4n) is 1.45. The first-order valence-corrected chi connectivity index (χ1v) is 6.51. The number of carbonyl (C=O) groups excluding carboxylic acids is 1. The third-order valence-electron chi connectivity index (χ3n) is 2.33. The molecule has 17 heavy (non-hydrogen) atoms. The summed E-state index contributed by atoms with van der Waals surface area (Å²) in [5.74, 6) is -0.222. The summed E-state index contributed by atoms with van der Waals surface area (Å²) in [5.41, 5.74) is 6.25. The first-order valence-electron chi connectivity index (χ1n) is 4.88. The van der Waals surface area contributed by atoms with Crippen LogP contribution in [0.25, 0.3) is 0 Å². The Morgan fingerprint density at radius 1 is 1.29 bits per heavy atom. The van der Waals surface area contributed by atoms with Crippen LogP contribution in [-0.2, 0) is 0 Å². The largest absolute Gasteiger partial charge is 0.317 e. The molecule has 2 N–H and O–H groups in total. The highest BCUT2D eigenvalue weighted by Crippen LogP contribution is 2.26. The molecule has 2 nitrogen and oxygen atoms in total. The minimum Gasteiger partial charge on any atom is -0.317 e. The molecule has 0 saturated heterocycles. The van der Waals surface area contributed by atoms with Crippen molar-refractivity contribution in [2.45, 2.75) is 6.04 Å². The molecule has 1 aromatic carbocycles. The van der Waals surface area contributed by atoms with Crippen LogP contribution in [0, 0.1) is 0 Å². The molecule has 0 saturated carbocycles. The maximum Gasteiger partial charge on any atom is 0.186 e. The lowest BCUT2D eigenvalue weighted by Crippen LogP contribution is -2.20. The minimum absolute atomic E-state index is 0.222. The lowest BCUT2D eigenvalue weighted by molar-refractivity contribution is 0.0963. The Morgan fingerprint density at radius 3 is 2.71 bits per heavy atom. The van der Waals surface area contributed by atoms with Gasteiger partial charge in [0.25, 0.3) is 0 Å². The number of thiophene rings is 1. The zero-order chi connectivity index (χ0) is 12.4. The molecule has 0 aliphatic carbocycles. The van der Waals surface area contributed by atoms with Crippen LogP contribution in [0.15, 0.2) is 35.7 Å². The van der Waals surface area contributed by atoms with Crippen LogP contribution >= 0.6 is 34.5 Å². The van der Waals surface area contributed by atoms with Crippen LogP contribution in [0.2, 0.25) is 10.0 Å². The first-order chi connectivity index (χ1) is 8.09. The minimum atomic E-state index is -0.689. The van der Waals surface area contributed by atoms with E-state index in [1.807, 2.05) is 17.5 Å². The summed E-state index contributed by atoms with van der Waals surface area (Å²) in [4.78, 5) is 13.0. The van der Waals surface area contributed by atoms with Gasteiger partial charge in [-0.1, -0.05) is 29.3 Å². The van der Waals surface area contributed by atoms with Gasteiger partial charge in [-0.05, 0) is 29.6 Å². The van der Waals surface area contributed by atoms with Gasteiger partial charge in [0.05, 0.1) is 5.02 Å². The van der Waals surface area contributed by atoms with Gasteiger partial charge in [-0.2, -0.15) is 0 Å². The van der Waals surface area contributed by atoms with Crippen LogP contribution in [0.4, 0.5) is 0 Å². The number of carbonyl (C=O) groups is 1. The maximum absolute atomic E-state index is 12.2. The van der Waals surface area contributed by atoms with Crippen molar-refractivity contribution in [3.8, 4) is 0 Å². The van der Waals surface area contributed by atoms with Gasteiger partial charge in [0.1, 0.15) is 6.04 Å². The van der Waals surface area contributed by atoms with Crippen molar-refractivity contribution in [2.75, 3.05) is 0 Å². The summed E-state index contributed by atoms with van der Waals surface area (Å²) in [7, 11) is 0. The van der Waals surface area contributed by atoms with Crippen molar-refractivity contribution in [1.29, 1.82) is 0 Å². The Bertz CT molecular complexity index is 539. The summed E-state index contributed by atoms with van der Waals surface area (Å²) in [6.45, 7) is 0. The molecule has 0 aliphatic rings. The van der Waals surface area contributed by atoms with E-state index in [1.54, 1.807) is 18.2 Å². The van der Waals surface area contributed by atoms with Crippen molar-refractivity contribution in [2.24, 2.45) is 5.73 Å². The molecule has 0 aliphatic heterocycles. The molecule has 1 aromatic heterocycles. The smallest absolute Gasteiger partial charge is 0.186 e. The molecule has 1 unspecified atom stereocenters. The summed E-state index contributed by atoms with van der Waals surface area (Å²) in [6.07, 6.45) is 0. The molecule has 2 aromatic rings. The second-order valence-corrected chi connectivity index (χ2v) is 5.30. The highest BCUT2D eigenvalue weighted by atomic mass is 35.5. The van der Waals surface area contributed by atoms with Crippen LogP contribution in [0.3, 0.4) is 0 Å². The second kappa shape index (κ2) is 5.19. The SMILES string of the molecule is NC(C(=O)c1cc(Cl)ccc1Cl)c1cccs1. The number of Topliss-reactive ketones (excluding diaryl/α,β-unsaturated/α-hetero) is 1. The van der Waals surface area contributed by atoms with Crippen molar-refractivity contribution in [3.63, 3.8) is 0 Å². The monoisotopic (exact) mass is 285 g/mol. The zero-order valence-electron chi connectivity index (χ0n) is 8.69. The number of halogens is 2. The van der Waals surface area contributed by atoms with E-state index in [1.165, 1.54) is 11.3 Å². The van der Waals surface area contributed by atoms with E-state index in [0.717, 1.165) is 4.88 Å². The highest BCUT2D eigenvalue weighted by molar-refractivity contribution is 7.10.